The minimum atomic E-state index is -0.627. The predicted octanol–water partition coefficient (Wildman–Crippen LogP) is -0.320. The molecule has 5 nitrogen and oxygen atoms in total. The Morgan fingerprint density at radius 1 is 1.44 bits per heavy atom. The van der Waals surface area contributed by atoms with Crippen molar-refractivity contribution in [2.24, 2.45) is 5.73 Å². The summed E-state index contributed by atoms with van der Waals surface area (Å²) >= 11 is 0. The second kappa shape index (κ2) is 7.81. The third kappa shape index (κ3) is 4.83. The number of hydrogen-bond acceptors (Lipinski definition) is 4. The first kappa shape index (κ1) is 14.6. The van der Waals surface area contributed by atoms with E-state index in [0.29, 0.717) is 6.42 Å². The highest BCUT2D eigenvalue weighted by molar-refractivity contribution is 5.82. The van der Waals surface area contributed by atoms with Crippen LogP contribution in [0.1, 0.15) is 5.56 Å². The maximum Gasteiger partial charge on any atom is 0.237 e. The van der Waals surface area contributed by atoms with Crippen LogP contribution in [0.25, 0.3) is 0 Å². The van der Waals surface area contributed by atoms with Crippen molar-refractivity contribution in [2.75, 3.05) is 20.3 Å². The number of ether oxygens (including phenoxy) is 1. The zero-order chi connectivity index (χ0) is 13.4. The van der Waals surface area contributed by atoms with Gasteiger partial charge in [-0.25, -0.2) is 0 Å². The zero-order valence-electron chi connectivity index (χ0n) is 10.5. The fraction of sp³-hybridized carbons (Fsp3) is 0.462. The highest BCUT2D eigenvalue weighted by Gasteiger charge is 2.17. The van der Waals surface area contributed by atoms with Crippen molar-refractivity contribution in [3.63, 3.8) is 0 Å². The molecule has 0 aromatic heterocycles. The summed E-state index contributed by atoms with van der Waals surface area (Å²) in [5.41, 5.74) is 6.82. The third-order valence-corrected chi connectivity index (χ3v) is 2.57. The molecule has 18 heavy (non-hydrogen) atoms. The molecule has 1 rings (SSSR count). The Morgan fingerprint density at radius 2 is 2.11 bits per heavy atom. The molecule has 0 aliphatic rings. The van der Waals surface area contributed by atoms with Crippen molar-refractivity contribution in [3.8, 4) is 0 Å². The zero-order valence-corrected chi connectivity index (χ0v) is 10.5. The summed E-state index contributed by atoms with van der Waals surface area (Å²) < 4.78 is 4.88. The number of aliphatic hydroxyl groups is 1. The van der Waals surface area contributed by atoms with Gasteiger partial charge in [-0.1, -0.05) is 30.3 Å². The minimum Gasteiger partial charge on any atom is -0.394 e. The number of amides is 1. The molecule has 1 unspecified atom stereocenters. The smallest absolute Gasteiger partial charge is 0.237 e. The molecule has 0 spiro atoms. The average Bonchev–Trinajstić information content (AvgIpc) is 2.39. The lowest BCUT2D eigenvalue weighted by atomic mass is 10.1. The molecule has 0 fully saturated rings. The number of aliphatic hydroxyl groups excluding tert-OH is 1. The van der Waals surface area contributed by atoms with Gasteiger partial charge in [0.15, 0.2) is 0 Å². The lowest BCUT2D eigenvalue weighted by molar-refractivity contribution is -0.123. The van der Waals surface area contributed by atoms with Crippen LogP contribution in [0.5, 0.6) is 0 Å². The van der Waals surface area contributed by atoms with Crippen molar-refractivity contribution in [1.29, 1.82) is 0 Å². The van der Waals surface area contributed by atoms with Crippen molar-refractivity contribution in [1.82, 2.24) is 5.32 Å². The number of methoxy groups -OCH3 is 1. The second-order valence-corrected chi connectivity index (χ2v) is 4.14. The van der Waals surface area contributed by atoms with E-state index in [1.165, 1.54) is 7.11 Å². The molecule has 0 saturated carbocycles. The van der Waals surface area contributed by atoms with Gasteiger partial charge in [-0.2, -0.15) is 0 Å². The van der Waals surface area contributed by atoms with Gasteiger partial charge in [0, 0.05) is 7.11 Å². The Kier molecular flexibility index (Phi) is 6.35. The Balaban J connectivity index is 2.46. The van der Waals surface area contributed by atoms with Gasteiger partial charge in [0.1, 0.15) is 0 Å². The molecule has 2 atom stereocenters. The van der Waals surface area contributed by atoms with Gasteiger partial charge in [0.05, 0.1) is 25.3 Å². The fourth-order valence-electron chi connectivity index (χ4n) is 1.61. The van der Waals surface area contributed by atoms with Crippen molar-refractivity contribution in [2.45, 2.75) is 18.5 Å². The van der Waals surface area contributed by atoms with Crippen molar-refractivity contribution >= 4 is 5.91 Å². The Labute approximate surface area is 107 Å². The quantitative estimate of drug-likeness (QED) is 0.621. The fourth-order valence-corrected chi connectivity index (χ4v) is 1.61. The summed E-state index contributed by atoms with van der Waals surface area (Å²) in [5.74, 6) is -0.282. The van der Waals surface area contributed by atoms with Crippen LogP contribution in [0.2, 0.25) is 0 Å². The highest BCUT2D eigenvalue weighted by atomic mass is 16.5. The summed E-state index contributed by atoms with van der Waals surface area (Å²) in [4.78, 5) is 11.8. The number of nitrogens with two attached hydrogens (primary N) is 1. The lowest BCUT2D eigenvalue weighted by Crippen LogP contribution is -2.49. The summed E-state index contributed by atoms with van der Waals surface area (Å²) in [6, 6.07) is 8.53. The van der Waals surface area contributed by atoms with Crippen LogP contribution in [-0.4, -0.2) is 43.4 Å². The van der Waals surface area contributed by atoms with Crippen LogP contribution in [0, 0.1) is 0 Å². The Morgan fingerprint density at radius 3 is 2.67 bits per heavy atom. The molecule has 100 valence electrons. The minimum absolute atomic E-state index is 0.169. The molecular weight excluding hydrogens is 232 g/mol. The Hall–Kier alpha value is -1.43. The van der Waals surface area contributed by atoms with Crippen LogP contribution >= 0.6 is 0 Å². The van der Waals surface area contributed by atoms with E-state index in [0.717, 1.165) is 5.56 Å². The highest BCUT2D eigenvalue weighted by Crippen LogP contribution is 2.02. The van der Waals surface area contributed by atoms with Gasteiger partial charge in [0.2, 0.25) is 5.91 Å². The second-order valence-electron chi connectivity index (χ2n) is 4.14. The first-order valence-electron chi connectivity index (χ1n) is 5.87. The van der Waals surface area contributed by atoms with Crippen LogP contribution in [0.15, 0.2) is 30.3 Å². The predicted molar refractivity (Wildman–Crippen MR) is 69.0 cm³/mol. The standard InChI is InChI=1S/C13H20N2O3/c1-18-9-11(8-16)15-13(17)12(14)7-10-5-3-2-4-6-10/h2-6,11-12,16H,7-9,14H2,1H3,(H,15,17)/t11?,12-/m0/s1. The molecule has 0 heterocycles. The number of carbonyl (C=O) groups excluding carboxylic acids is 1. The van der Waals surface area contributed by atoms with E-state index in [1.807, 2.05) is 30.3 Å². The largest absolute Gasteiger partial charge is 0.394 e. The molecule has 0 aliphatic carbocycles. The van der Waals surface area contributed by atoms with E-state index in [1.54, 1.807) is 0 Å². The number of benzene rings is 1. The van der Waals surface area contributed by atoms with E-state index in [2.05, 4.69) is 5.32 Å². The normalized spacial score (nSPS) is 13.9. The summed E-state index contributed by atoms with van der Waals surface area (Å²) in [6.07, 6.45) is 0.470. The monoisotopic (exact) mass is 252 g/mol. The molecular formula is C13H20N2O3. The maximum atomic E-state index is 11.8. The molecule has 1 amide bonds. The van der Waals surface area contributed by atoms with Gasteiger partial charge in [-0.15, -0.1) is 0 Å². The average molecular weight is 252 g/mol. The van der Waals surface area contributed by atoms with Crippen LogP contribution in [-0.2, 0) is 16.0 Å². The van der Waals surface area contributed by atoms with E-state index in [4.69, 9.17) is 15.6 Å². The topological polar surface area (TPSA) is 84.6 Å². The molecule has 0 bridgehead atoms. The number of hydrogen-bond donors (Lipinski definition) is 3. The molecule has 0 aliphatic heterocycles. The molecule has 4 N–H and O–H groups in total. The number of nitrogens with one attached hydrogen (secondary N) is 1. The maximum absolute atomic E-state index is 11.8. The summed E-state index contributed by atoms with van der Waals surface area (Å²) in [5, 5.41) is 11.7. The molecule has 1 aromatic carbocycles. The SMILES string of the molecule is COCC(CO)NC(=O)[C@@H](N)Cc1ccccc1. The van der Waals surface area contributed by atoms with Gasteiger partial charge < -0.3 is 20.9 Å². The molecule has 1 aromatic rings. The number of carbonyl (C=O) groups is 1. The lowest BCUT2D eigenvalue weighted by Gasteiger charge is -2.18. The van der Waals surface area contributed by atoms with Crippen LogP contribution in [0.3, 0.4) is 0 Å². The van der Waals surface area contributed by atoms with E-state index < -0.39 is 12.1 Å². The van der Waals surface area contributed by atoms with Crippen LogP contribution < -0.4 is 11.1 Å². The van der Waals surface area contributed by atoms with E-state index in [-0.39, 0.29) is 19.1 Å². The van der Waals surface area contributed by atoms with Gasteiger partial charge in [-0.05, 0) is 12.0 Å². The molecule has 5 heteroatoms. The number of rotatable bonds is 7. The van der Waals surface area contributed by atoms with E-state index >= 15 is 0 Å². The first-order chi connectivity index (χ1) is 8.67. The van der Waals surface area contributed by atoms with Crippen molar-refractivity contribution in [3.05, 3.63) is 35.9 Å². The molecule has 0 saturated heterocycles. The summed E-state index contributed by atoms with van der Waals surface area (Å²) in [7, 11) is 1.51. The first-order valence-corrected chi connectivity index (χ1v) is 5.87. The molecule has 0 radical (unpaired) electrons. The third-order valence-electron chi connectivity index (χ3n) is 2.57. The Bertz CT molecular complexity index is 357. The van der Waals surface area contributed by atoms with Crippen molar-refractivity contribution < 1.29 is 14.6 Å². The summed E-state index contributed by atoms with van der Waals surface area (Å²) in [6.45, 7) is 0.0952. The van der Waals surface area contributed by atoms with E-state index in [9.17, 15) is 4.79 Å². The van der Waals surface area contributed by atoms with Crippen LogP contribution in [0.4, 0.5) is 0 Å². The van der Waals surface area contributed by atoms with Gasteiger partial charge in [-0.3, -0.25) is 4.79 Å². The van der Waals surface area contributed by atoms with Gasteiger partial charge >= 0.3 is 0 Å². The van der Waals surface area contributed by atoms with Gasteiger partial charge in [0.25, 0.3) is 0 Å².